The number of rotatable bonds is 27. The first-order chi connectivity index (χ1) is 65.8. The van der Waals surface area contributed by atoms with E-state index in [-0.39, 0.29) is 109 Å². The van der Waals surface area contributed by atoms with Gasteiger partial charge in [0.1, 0.15) is 103 Å². The molecule has 3 fully saturated rings. The molecule has 135 heavy (non-hydrogen) atoms. The number of aromatic amines is 2. The first kappa shape index (κ1) is 96.0. The maximum absolute atomic E-state index is 13.6. The van der Waals surface area contributed by atoms with Crippen LogP contribution in [0.3, 0.4) is 0 Å². The molecule has 0 aliphatic carbocycles. The fourth-order valence-electron chi connectivity index (χ4n) is 14.2. The Morgan fingerprint density at radius 1 is 0.519 bits per heavy atom. The van der Waals surface area contributed by atoms with Crippen molar-refractivity contribution in [1.29, 1.82) is 0 Å². The number of likely N-dealkylation sites (tertiary alicyclic amines) is 2. The van der Waals surface area contributed by atoms with Crippen molar-refractivity contribution >= 4 is 79.3 Å². The molecule has 6 aromatic carbocycles. The molecule has 4 amide bonds. The largest absolute Gasteiger partial charge is 0.457 e. The molecule has 3 aliphatic rings. The number of fused-ring (bicyclic) bond motifs is 3. The Hall–Kier alpha value is -15.1. The van der Waals surface area contributed by atoms with Gasteiger partial charge in [-0.1, -0.05) is 73.6 Å². The number of nitrogens with zero attached hydrogens (tertiary/aromatic N) is 16. The Bertz CT molecular complexity index is 6690. The van der Waals surface area contributed by atoms with Gasteiger partial charge in [-0.2, -0.15) is 56.9 Å². The number of β-amino-alcohol motifs (C(OH)–C–C–N with tert-alkyl or cyclic N) is 3. The van der Waals surface area contributed by atoms with Crippen LogP contribution < -0.4 is 49.7 Å². The zero-order chi connectivity index (χ0) is 98.4. The van der Waals surface area contributed by atoms with Crippen LogP contribution in [0.4, 0.5) is 47.8 Å². The first-order valence-electron chi connectivity index (χ1n) is 42.5. The van der Waals surface area contributed by atoms with Crippen LogP contribution >= 0.6 is 15.9 Å². The number of Topliss-reactive ketones (excluding diaryl/α,β-unsaturated/α-hetero) is 1. The zero-order valence-corrected chi connectivity index (χ0v) is 75.0. The number of ketones is 1. The van der Waals surface area contributed by atoms with Crippen molar-refractivity contribution in [2.24, 2.45) is 0 Å². The lowest BCUT2D eigenvalue weighted by atomic mass is 9.86. The zero-order valence-electron chi connectivity index (χ0n) is 75.4. The minimum absolute atomic E-state index is 0.0472. The lowest BCUT2D eigenvalue weighted by molar-refractivity contribution is -0.129. The number of halogens is 8. The van der Waals surface area contributed by atoms with Crippen molar-refractivity contribution in [2.75, 3.05) is 95.9 Å². The molecule has 9 aromatic heterocycles. The van der Waals surface area contributed by atoms with Crippen molar-refractivity contribution in [2.45, 2.75) is 71.4 Å². The van der Waals surface area contributed by atoms with Crippen molar-refractivity contribution in [1.82, 2.24) is 94.0 Å². The second-order valence-electron chi connectivity index (χ2n) is 30.3. The third-order valence-electron chi connectivity index (χ3n) is 20.4. The monoisotopic (exact) mass is 1930 g/mol. The van der Waals surface area contributed by atoms with Gasteiger partial charge in [0.05, 0.1) is 78.9 Å². The summed E-state index contributed by atoms with van der Waals surface area (Å²) in [7, 11) is 7.24. The number of amides is 4. The number of likely N-dealkylation sites (N-methyl/N-ethyl adjacent to an activating group) is 3. The number of H-pyrrole nitrogens is 2. The topological polar surface area (TPSA) is 425 Å². The van der Waals surface area contributed by atoms with E-state index >= 15 is 0 Å². The molecule has 44 heteroatoms. The van der Waals surface area contributed by atoms with Crippen LogP contribution in [0, 0.1) is 0 Å². The third kappa shape index (κ3) is 23.7. The van der Waals surface area contributed by atoms with Gasteiger partial charge in [0.15, 0.2) is 16.9 Å². The molecule has 0 saturated carbocycles. The summed E-state index contributed by atoms with van der Waals surface area (Å²) in [5, 5.41) is 74.4. The number of carbonyl (C=O) groups excluding carboxylic acids is 5. The van der Waals surface area contributed by atoms with Gasteiger partial charge in [0.2, 0.25) is 5.91 Å². The van der Waals surface area contributed by atoms with Crippen LogP contribution in [0.15, 0.2) is 220 Å². The molecule has 0 unspecified atom stereocenters. The summed E-state index contributed by atoms with van der Waals surface area (Å²) >= 11 is 2.96. The standard InChI is InChI=1S/C31H30F2N8O5.C27H23F2N7O4.C26H21F2N7O4.C3H5BrO.C2H6.CH3F.CH4/c1-38(2)26(42)16-40-15-24(36-29(43)23-14-35-41-11-5-10-34-28(23)41)27(37-40)22-13-21(8-9-25(22)46-30(32)33)45-20-7-4-6-19(12-20)31(44)17-39(3)18-31;1-35-14-27(38,15-35)16-4-2-5-17(10-16)39-18-6-7-22(40-26(28)29)19(11-18)23-21(13-31-34-23)33-25(37)20-12-32-36-9-3-8-30-24(20)36;27-25(28)39-21-6-5-17(38-16-4-1-3-15(9-16)26(37)13-29-14-26)10-18(21)22-20(12-31-34-22)33-24(36)19-11-32-35-8-2-7-30-23(19)35;1-3(5)2-4;2*1-2;/h4-15,30,44H,16-18H2,1-3H3,(H,36,43);2-13,26,38H,14-15H2,1H3,(H,31,34)(H,33,37);1-12,25,29,37H,13-14H2,(H,31,34)(H,33,36);2H2,1H3;1-2H3;1H3;1H4/i;;;;;2*1D. The molecule has 0 bridgehead atoms. The highest BCUT2D eigenvalue weighted by Crippen LogP contribution is 2.45. The fraction of sp³-hybridized carbons (Fsp3) is 0.253. The molecule has 18 rings (SSSR count). The van der Waals surface area contributed by atoms with Crippen LogP contribution in [0.5, 0.6) is 51.7 Å². The van der Waals surface area contributed by atoms with Crippen molar-refractivity contribution < 1.29 is 101 Å². The molecule has 3 aliphatic heterocycles. The number of hydrogen-bond donors (Lipinski definition) is 9. The van der Waals surface area contributed by atoms with Crippen LogP contribution in [0.1, 0.15) is 78.7 Å². The van der Waals surface area contributed by atoms with Gasteiger partial charge in [-0.3, -0.25) is 53.0 Å². The third-order valence-corrected chi connectivity index (χ3v) is 21.2. The van der Waals surface area contributed by atoms with Crippen molar-refractivity contribution in [3.63, 3.8) is 0 Å². The van der Waals surface area contributed by atoms with Crippen LogP contribution in [0.2, 0.25) is 0 Å². The minimum atomic E-state index is -3.16. The maximum atomic E-state index is 13.6. The van der Waals surface area contributed by atoms with E-state index in [0.29, 0.717) is 107 Å². The van der Waals surface area contributed by atoms with Gasteiger partial charge in [-0.15, -0.1) is 0 Å². The number of carbonyl (C=O) groups is 5. The number of hydrogen-bond acceptors (Lipinski definition) is 26. The van der Waals surface area contributed by atoms with Gasteiger partial charge in [0.25, 0.3) is 17.7 Å². The average Bonchev–Trinajstić information content (AvgIpc) is 1.77. The van der Waals surface area contributed by atoms with E-state index in [9.17, 15) is 70.0 Å². The second kappa shape index (κ2) is 44.0. The summed E-state index contributed by atoms with van der Waals surface area (Å²) in [5.74, 6) is -0.123. The summed E-state index contributed by atoms with van der Waals surface area (Å²) in [6, 6.07) is 38.9. The van der Waals surface area contributed by atoms with Crippen LogP contribution in [-0.2, 0) is 32.9 Å². The number of alkyl halides is 8. The molecule has 0 spiro atoms. The fourth-order valence-corrected chi connectivity index (χ4v) is 14.2. The van der Waals surface area contributed by atoms with Gasteiger partial charge in [0, 0.05) is 109 Å². The number of ether oxygens (including phenoxy) is 6. The predicted octanol–water partition coefficient (Wildman–Crippen LogP) is 14.1. The van der Waals surface area contributed by atoms with Gasteiger partial charge in [-0.05, 0) is 147 Å². The van der Waals surface area contributed by atoms with E-state index in [1.54, 1.807) is 118 Å². The maximum Gasteiger partial charge on any atom is 0.387 e. The average molecular weight is 1930 g/mol. The summed E-state index contributed by atoms with van der Waals surface area (Å²) in [4.78, 5) is 79.7. The highest BCUT2D eigenvalue weighted by atomic mass is 79.9. The van der Waals surface area contributed by atoms with Gasteiger partial charge >= 0.3 is 19.8 Å². The number of aliphatic hydroxyl groups is 3. The molecule has 9 N–H and O–H groups in total. The van der Waals surface area contributed by atoms with E-state index < -0.39 is 61.5 Å². The Labute approximate surface area is 776 Å². The second-order valence-corrected chi connectivity index (χ2v) is 30.8. The van der Waals surface area contributed by atoms with Crippen molar-refractivity contribution in [3.05, 3.63) is 253 Å². The van der Waals surface area contributed by atoms with Crippen LogP contribution in [0.25, 0.3) is 50.7 Å². The Morgan fingerprint density at radius 2 is 0.859 bits per heavy atom. The molecule has 0 radical (unpaired) electrons. The molecule has 3 saturated heterocycles. The summed E-state index contributed by atoms with van der Waals surface area (Å²) < 4.78 is 139. The molecule has 36 nitrogen and oxygen atoms in total. The highest BCUT2D eigenvalue weighted by Gasteiger charge is 2.43. The number of anilines is 3. The van der Waals surface area contributed by atoms with Gasteiger partial charge < -0.3 is 69.9 Å². The summed E-state index contributed by atoms with van der Waals surface area (Å²) in [6.07, 6.45) is 17.8. The minimum Gasteiger partial charge on any atom is -0.457 e. The SMILES string of the molecule is CC.CC(=O)CBr.CN1CC(O)(c2cccc(Oc3ccc(OC(F)F)c(-c4[nH]ncc4NC(=O)c4cnn5cccnc45)c3)c2)C1.CN1CC(O)(c2cccc(Oc3ccc(OC(F)F)c(-c4nn(CC(=O)N(C)C)cc4NC(=O)c4cnn5cccnc45)c3)c2)C1.O=C(Nc1cn[nH]c1-c1cc(Oc2cccc(C3(O)CNC3)c2)ccc1OC(F)F)c1cnn2cccnc12.[2H]C.[2H]CF. The lowest BCUT2D eigenvalue weighted by Gasteiger charge is -2.44. The highest BCUT2D eigenvalue weighted by molar-refractivity contribution is 9.09. The predicted molar refractivity (Wildman–Crippen MR) is 486 cm³/mol. The smallest absolute Gasteiger partial charge is 0.387 e. The summed E-state index contributed by atoms with van der Waals surface area (Å²) in [6.45, 7) is -1.19. The number of nitrogens with one attached hydrogen (secondary N) is 6. The van der Waals surface area contributed by atoms with Crippen molar-refractivity contribution in [3.8, 4) is 85.5 Å². The first-order valence-corrected chi connectivity index (χ1v) is 41.9. The normalized spacial score (nSPS) is 13.9. The Morgan fingerprint density at radius 3 is 1.19 bits per heavy atom. The Balaban J connectivity index is 0.000000175. The lowest BCUT2D eigenvalue weighted by Crippen LogP contribution is -2.57. The molecule has 706 valence electrons. The quantitative estimate of drug-likeness (QED) is 0.0170. The number of aromatic nitrogens is 15. The van der Waals surface area contributed by atoms with E-state index in [4.69, 9.17) is 31.2 Å². The molecule has 15 aromatic rings. The van der Waals surface area contributed by atoms with Gasteiger partial charge in [-0.25, -0.2) is 28.5 Å². The van der Waals surface area contributed by atoms with E-state index in [1.807, 2.05) is 43.8 Å². The molecule has 12 heterocycles. The molecular weight excluding hydrogens is 1840 g/mol. The van der Waals surface area contributed by atoms with Crippen LogP contribution in [-0.4, -0.2) is 233 Å². The summed E-state index contributed by atoms with van der Waals surface area (Å²) in [5.41, 5.74) is 2.18. The number of benzene rings is 6. The van der Waals surface area contributed by atoms with E-state index in [1.165, 1.54) is 148 Å². The van der Waals surface area contributed by atoms with E-state index in [2.05, 4.69) is 92.9 Å². The molecular formula is C91H92BrF7N22O14. The van der Waals surface area contributed by atoms with E-state index in [0.717, 1.165) is 0 Å². The molecule has 0 atom stereocenters. The Kier molecular flexibility index (Phi) is 31.3.